The first-order chi connectivity index (χ1) is 8.19. The van der Waals surface area contributed by atoms with Crippen LogP contribution in [-0.2, 0) is 4.74 Å². The molecule has 0 saturated heterocycles. The van der Waals surface area contributed by atoms with Crippen LogP contribution in [0.3, 0.4) is 0 Å². The fraction of sp³-hybridized carbons (Fsp3) is 0.545. The average Bonchev–Trinajstić information content (AvgIpc) is 2.62. The van der Waals surface area contributed by atoms with Crippen LogP contribution < -0.4 is 29.3 Å². The van der Waals surface area contributed by atoms with E-state index >= 15 is 0 Å². The van der Waals surface area contributed by atoms with Crippen LogP contribution in [0.4, 0.5) is 4.79 Å². The van der Waals surface area contributed by atoms with E-state index in [1.54, 1.807) is 27.7 Å². The van der Waals surface area contributed by atoms with Crippen LogP contribution in [0.15, 0.2) is 10.6 Å². The summed E-state index contributed by atoms with van der Waals surface area (Å²) >= 11 is 0. The number of ether oxygens (including phenoxy) is 1. The van der Waals surface area contributed by atoms with Crippen molar-refractivity contribution < 1.29 is 42.8 Å². The van der Waals surface area contributed by atoms with E-state index in [2.05, 4.69) is 10.5 Å². The van der Waals surface area contributed by atoms with E-state index in [9.17, 15) is 14.7 Å². The third kappa shape index (κ3) is 5.81. The molecule has 1 aromatic rings. The van der Waals surface area contributed by atoms with Gasteiger partial charge in [0.25, 0.3) is 0 Å². The van der Waals surface area contributed by atoms with Crippen molar-refractivity contribution in [2.24, 2.45) is 0 Å². The predicted molar refractivity (Wildman–Crippen MR) is 58.6 cm³/mol. The van der Waals surface area contributed by atoms with Gasteiger partial charge in [-0.1, -0.05) is 5.16 Å². The van der Waals surface area contributed by atoms with Crippen molar-refractivity contribution in [2.45, 2.75) is 39.3 Å². The van der Waals surface area contributed by atoms with Crippen LogP contribution in [-0.4, -0.2) is 22.8 Å². The zero-order chi connectivity index (χ0) is 13.9. The standard InChI is InChI=1S/C11H16N2O5.Li/c1-6(12-10(16)17-11(2,3)4)8-5-7(9(14)15)13-18-8;/h5-6H,1-4H3,(H,12,16)(H,14,15);/q;+1/p-1. The second-order valence-electron chi connectivity index (χ2n) is 4.77. The molecule has 1 aromatic heterocycles. The van der Waals surface area contributed by atoms with E-state index in [0.29, 0.717) is 0 Å². The molecule has 0 aliphatic carbocycles. The molecule has 0 aliphatic heterocycles. The number of amides is 1. The van der Waals surface area contributed by atoms with E-state index in [1.165, 1.54) is 6.07 Å². The van der Waals surface area contributed by atoms with Crippen LogP contribution >= 0.6 is 0 Å². The van der Waals surface area contributed by atoms with E-state index < -0.39 is 23.7 Å². The maximum atomic E-state index is 11.5. The Morgan fingerprint density at radius 2 is 2.05 bits per heavy atom. The van der Waals surface area contributed by atoms with Crippen LogP contribution in [0.2, 0.25) is 0 Å². The predicted octanol–water partition coefficient (Wildman–Crippen LogP) is -2.37. The first-order valence-corrected chi connectivity index (χ1v) is 5.36. The van der Waals surface area contributed by atoms with Gasteiger partial charge in [0.15, 0.2) is 5.76 Å². The largest absolute Gasteiger partial charge is 1.00 e. The molecule has 8 heteroatoms. The smallest absolute Gasteiger partial charge is 0.543 e. The Kier molecular flexibility index (Phi) is 6.13. The number of nitrogens with zero attached hydrogens (tertiary/aromatic N) is 1. The molecule has 100 valence electrons. The molecule has 0 fully saturated rings. The summed E-state index contributed by atoms with van der Waals surface area (Å²) in [6.45, 7) is 6.82. The topological polar surface area (TPSA) is 104 Å². The zero-order valence-corrected chi connectivity index (χ0v) is 11.6. The van der Waals surface area contributed by atoms with Gasteiger partial charge in [-0.05, 0) is 27.7 Å². The number of carbonyl (C=O) groups excluding carboxylic acids is 2. The van der Waals surface area contributed by atoms with Crippen molar-refractivity contribution in [3.63, 3.8) is 0 Å². The molecule has 0 aliphatic rings. The minimum Gasteiger partial charge on any atom is -0.543 e. The number of hydrogen-bond acceptors (Lipinski definition) is 6. The number of aromatic nitrogens is 1. The third-order valence-electron chi connectivity index (χ3n) is 1.90. The molecule has 1 rings (SSSR count). The molecule has 0 radical (unpaired) electrons. The molecule has 0 spiro atoms. The molecule has 0 bridgehead atoms. The molecular weight excluding hydrogens is 247 g/mol. The van der Waals surface area contributed by atoms with Crippen LogP contribution in [0.1, 0.15) is 50.0 Å². The Balaban J connectivity index is 0.00000324. The Morgan fingerprint density at radius 1 is 1.47 bits per heavy atom. The molecular formula is C11H15LiN2O5. The zero-order valence-electron chi connectivity index (χ0n) is 11.6. The van der Waals surface area contributed by atoms with E-state index in [-0.39, 0.29) is 30.3 Å². The summed E-state index contributed by atoms with van der Waals surface area (Å²) in [6, 6.07) is 0.637. The number of alkyl carbamates (subject to hydrolysis) is 1. The number of rotatable bonds is 3. The summed E-state index contributed by atoms with van der Waals surface area (Å²) in [5, 5.41) is 16.3. The molecule has 0 saturated carbocycles. The summed E-state index contributed by atoms with van der Waals surface area (Å²) in [7, 11) is 0. The minimum absolute atomic E-state index is 0. The van der Waals surface area contributed by atoms with E-state index in [4.69, 9.17) is 9.26 Å². The first kappa shape index (κ1) is 17.5. The molecule has 1 unspecified atom stereocenters. The van der Waals surface area contributed by atoms with Crippen molar-refractivity contribution in [3.8, 4) is 0 Å². The van der Waals surface area contributed by atoms with Gasteiger partial charge in [0.05, 0.1) is 12.0 Å². The molecule has 0 aromatic carbocycles. The van der Waals surface area contributed by atoms with Gasteiger partial charge in [-0.3, -0.25) is 0 Å². The minimum atomic E-state index is -1.44. The van der Waals surface area contributed by atoms with Crippen molar-refractivity contribution in [1.82, 2.24) is 10.5 Å². The molecule has 1 N–H and O–H groups in total. The third-order valence-corrected chi connectivity index (χ3v) is 1.90. The van der Waals surface area contributed by atoms with Gasteiger partial charge in [0.1, 0.15) is 11.3 Å². The Labute approximate surface area is 122 Å². The number of carbonyl (C=O) groups is 2. The van der Waals surface area contributed by atoms with Gasteiger partial charge in [-0.2, -0.15) is 0 Å². The van der Waals surface area contributed by atoms with Crippen LogP contribution in [0, 0.1) is 0 Å². The maximum Gasteiger partial charge on any atom is 1.00 e. The molecule has 1 heterocycles. The molecule has 7 nitrogen and oxygen atoms in total. The average molecular weight is 262 g/mol. The molecule has 19 heavy (non-hydrogen) atoms. The van der Waals surface area contributed by atoms with Crippen molar-refractivity contribution in [2.75, 3.05) is 0 Å². The second kappa shape index (κ2) is 6.64. The number of carboxylic acids is 1. The second-order valence-corrected chi connectivity index (χ2v) is 4.77. The van der Waals surface area contributed by atoms with Gasteiger partial charge >= 0.3 is 25.0 Å². The summed E-state index contributed by atoms with van der Waals surface area (Å²) in [4.78, 5) is 22.0. The van der Waals surface area contributed by atoms with Gasteiger partial charge in [-0.15, -0.1) is 0 Å². The Bertz CT molecular complexity index is 452. The van der Waals surface area contributed by atoms with E-state index in [0.717, 1.165) is 0 Å². The fourth-order valence-electron chi connectivity index (χ4n) is 1.15. The van der Waals surface area contributed by atoms with Gasteiger partial charge in [-0.25, -0.2) is 4.79 Å². The van der Waals surface area contributed by atoms with E-state index in [1.807, 2.05) is 0 Å². The van der Waals surface area contributed by atoms with Crippen molar-refractivity contribution >= 4 is 12.1 Å². The monoisotopic (exact) mass is 262 g/mol. The number of carboxylic acid groups (broad SMARTS) is 1. The van der Waals surface area contributed by atoms with Gasteiger partial charge in [0.2, 0.25) is 0 Å². The summed E-state index contributed by atoms with van der Waals surface area (Å²) in [5.74, 6) is -1.23. The first-order valence-electron chi connectivity index (χ1n) is 5.36. The van der Waals surface area contributed by atoms with Gasteiger partial charge < -0.3 is 24.5 Å². The summed E-state index contributed by atoms with van der Waals surface area (Å²) in [6.07, 6.45) is -0.624. The van der Waals surface area contributed by atoms with Crippen molar-refractivity contribution in [1.29, 1.82) is 0 Å². The molecule has 1 atom stereocenters. The summed E-state index contributed by atoms with van der Waals surface area (Å²) in [5.41, 5.74) is -0.927. The Morgan fingerprint density at radius 3 is 2.47 bits per heavy atom. The molecule has 1 amide bonds. The Hall–Kier alpha value is -1.45. The van der Waals surface area contributed by atoms with Crippen molar-refractivity contribution in [3.05, 3.63) is 17.5 Å². The number of aromatic carboxylic acids is 1. The number of hydrogen-bond donors (Lipinski definition) is 1. The van der Waals surface area contributed by atoms with Gasteiger partial charge in [0, 0.05) is 6.07 Å². The SMILES string of the molecule is CC(NC(=O)OC(C)(C)C)c1cc(C(=O)[O-])no1.[Li+]. The normalized spacial score (nSPS) is 12.2. The summed E-state index contributed by atoms with van der Waals surface area (Å²) < 4.78 is 9.82. The van der Waals surface area contributed by atoms with Crippen LogP contribution in [0.25, 0.3) is 0 Å². The van der Waals surface area contributed by atoms with Crippen LogP contribution in [0.5, 0.6) is 0 Å². The quantitative estimate of drug-likeness (QED) is 0.610. The fourth-order valence-corrected chi connectivity index (χ4v) is 1.15. The maximum absolute atomic E-state index is 11.5. The number of nitrogens with one attached hydrogen (secondary N) is 1.